The SMILES string of the molecule is CC(C)C1CCC(C)(C)C(=O)N1CC(=O)Nc1ccc2c(c1)CC1(C2)C(=O)NC2=C1C=CCN2. The Kier molecular flexibility index (Phi) is 5.34. The molecule has 3 amide bonds. The van der Waals surface area contributed by atoms with Gasteiger partial charge >= 0.3 is 0 Å². The van der Waals surface area contributed by atoms with Gasteiger partial charge in [0.15, 0.2) is 0 Å². The highest BCUT2D eigenvalue weighted by molar-refractivity contribution is 5.96. The summed E-state index contributed by atoms with van der Waals surface area (Å²) in [6.45, 7) is 8.91. The van der Waals surface area contributed by atoms with E-state index in [1.807, 2.05) is 38.1 Å². The third kappa shape index (κ3) is 3.62. The summed E-state index contributed by atoms with van der Waals surface area (Å²) in [5.41, 5.74) is 2.92. The molecule has 0 radical (unpaired) electrons. The number of nitrogens with zero attached hydrogens (tertiary/aromatic N) is 1. The zero-order valence-corrected chi connectivity index (χ0v) is 20.5. The van der Waals surface area contributed by atoms with E-state index in [0.29, 0.717) is 31.0 Å². The zero-order chi connectivity index (χ0) is 24.3. The Hall–Kier alpha value is -3.09. The molecule has 2 unspecified atom stereocenters. The van der Waals surface area contributed by atoms with E-state index in [1.165, 1.54) is 0 Å². The predicted molar refractivity (Wildman–Crippen MR) is 131 cm³/mol. The van der Waals surface area contributed by atoms with Crippen molar-refractivity contribution in [3.05, 3.63) is 52.9 Å². The van der Waals surface area contributed by atoms with E-state index in [0.717, 1.165) is 35.4 Å². The number of fused-ring (bicyclic) bond motifs is 2. The molecule has 34 heavy (non-hydrogen) atoms. The van der Waals surface area contributed by atoms with Crippen molar-refractivity contribution in [2.45, 2.75) is 59.4 Å². The van der Waals surface area contributed by atoms with Crippen molar-refractivity contribution in [3.8, 4) is 0 Å². The van der Waals surface area contributed by atoms with Gasteiger partial charge in [0, 0.05) is 29.3 Å². The Labute approximate surface area is 201 Å². The van der Waals surface area contributed by atoms with Crippen molar-refractivity contribution in [1.29, 1.82) is 0 Å². The van der Waals surface area contributed by atoms with E-state index < -0.39 is 10.8 Å². The molecule has 1 aromatic rings. The largest absolute Gasteiger partial charge is 0.368 e. The van der Waals surface area contributed by atoms with Gasteiger partial charge in [0.2, 0.25) is 17.7 Å². The van der Waals surface area contributed by atoms with Crippen LogP contribution in [0.4, 0.5) is 5.69 Å². The highest BCUT2D eigenvalue weighted by Gasteiger charge is 2.51. The maximum absolute atomic E-state index is 13.1. The minimum absolute atomic E-state index is 0.0317. The summed E-state index contributed by atoms with van der Waals surface area (Å²) in [6.07, 6.45) is 7.12. The minimum Gasteiger partial charge on any atom is -0.368 e. The molecule has 1 fully saturated rings. The van der Waals surface area contributed by atoms with Crippen LogP contribution in [-0.2, 0) is 27.2 Å². The second-order valence-corrected chi connectivity index (χ2v) is 11.2. The van der Waals surface area contributed by atoms with Crippen LogP contribution in [0.3, 0.4) is 0 Å². The lowest BCUT2D eigenvalue weighted by Crippen LogP contribution is -2.55. The van der Waals surface area contributed by atoms with Gasteiger partial charge in [-0.1, -0.05) is 45.9 Å². The maximum atomic E-state index is 13.1. The molecule has 0 aromatic heterocycles. The molecule has 3 heterocycles. The molecule has 3 N–H and O–H groups in total. The van der Waals surface area contributed by atoms with E-state index in [1.54, 1.807) is 4.90 Å². The van der Waals surface area contributed by atoms with Gasteiger partial charge in [-0.3, -0.25) is 14.4 Å². The summed E-state index contributed by atoms with van der Waals surface area (Å²) in [4.78, 5) is 40.8. The quantitative estimate of drug-likeness (QED) is 0.642. The molecule has 1 aliphatic carbocycles. The van der Waals surface area contributed by atoms with Gasteiger partial charge in [-0.25, -0.2) is 0 Å². The summed E-state index contributed by atoms with van der Waals surface area (Å²) in [6, 6.07) is 5.97. The van der Waals surface area contributed by atoms with Crippen molar-refractivity contribution >= 4 is 23.4 Å². The summed E-state index contributed by atoms with van der Waals surface area (Å²) >= 11 is 0. The first kappa shape index (κ1) is 22.7. The Bertz CT molecular complexity index is 1130. The number of dihydropyridines is 1. The lowest BCUT2D eigenvalue weighted by Gasteiger charge is -2.44. The first-order chi connectivity index (χ1) is 16.1. The van der Waals surface area contributed by atoms with E-state index in [9.17, 15) is 14.4 Å². The number of anilines is 1. The van der Waals surface area contributed by atoms with Gasteiger partial charge in [0.25, 0.3) is 0 Å². The molecule has 2 atom stereocenters. The molecule has 7 heteroatoms. The molecule has 180 valence electrons. The number of piperidine rings is 1. The Morgan fingerprint density at radius 1 is 1.21 bits per heavy atom. The molecule has 5 rings (SSSR count). The normalized spacial score (nSPS) is 27.1. The van der Waals surface area contributed by atoms with E-state index in [2.05, 4.69) is 35.9 Å². The third-order valence-corrected chi connectivity index (χ3v) is 8.00. The highest BCUT2D eigenvalue weighted by atomic mass is 16.2. The van der Waals surface area contributed by atoms with E-state index in [4.69, 9.17) is 0 Å². The van der Waals surface area contributed by atoms with Crippen LogP contribution in [0.5, 0.6) is 0 Å². The summed E-state index contributed by atoms with van der Waals surface area (Å²) in [5.74, 6) is 1.01. The van der Waals surface area contributed by atoms with Crippen LogP contribution in [0.1, 0.15) is 51.7 Å². The molecule has 0 saturated carbocycles. The Balaban J connectivity index is 1.31. The van der Waals surface area contributed by atoms with Crippen molar-refractivity contribution in [3.63, 3.8) is 0 Å². The third-order valence-electron chi connectivity index (χ3n) is 8.00. The summed E-state index contributed by atoms with van der Waals surface area (Å²) in [5, 5.41) is 9.27. The topological polar surface area (TPSA) is 90.5 Å². The maximum Gasteiger partial charge on any atom is 0.244 e. The minimum atomic E-state index is -0.583. The van der Waals surface area contributed by atoms with Crippen LogP contribution >= 0.6 is 0 Å². The van der Waals surface area contributed by atoms with Crippen LogP contribution in [0.25, 0.3) is 0 Å². The summed E-state index contributed by atoms with van der Waals surface area (Å²) < 4.78 is 0. The number of amides is 3. The molecule has 1 saturated heterocycles. The highest BCUT2D eigenvalue weighted by Crippen LogP contribution is 2.48. The first-order valence-corrected chi connectivity index (χ1v) is 12.3. The molecular weight excluding hydrogens is 428 g/mol. The van der Waals surface area contributed by atoms with Gasteiger partial charge in [-0.05, 0) is 54.9 Å². The predicted octanol–water partition coefficient (Wildman–Crippen LogP) is 2.88. The fourth-order valence-corrected chi connectivity index (χ4v) is 6.03. The number of benzene rings is 1. The fraction of sp³-hybridized carbons (Fsp3) is 0.519. The molecule has 4 aliphatic rings. The number of allylic oxidation sites excluding steroid dienone is 1. The first-order valence-electron chi connectivity index (χ1n) is 12.3. The Morgan fingerprint density at radius 2 is 1.97 bits per heavy atom. The standard InChI is InChI=1S/C27H34N4O3/c1-16(2)21-9-10-26(3,4)25(34)31(21)15-22(32)29-19-8-7-17-13-27(14-18(17)12-19)20-6-5-11-28-23(20)30-24(27)33/h5-8,12,16,21,28H,9-11,13-15H2,1-4H3,(H,29,32)(H,30,33). The second kappa shape index (κ2) is 8.00. The molecule has 1 aromatic carbocycles. The lowest BCUT2D eigenvalue weighted by atomic mass is 9.78. The number of likely N-dealkylation sites (tertiary alicyclic amines) is 1. The molecule has 3 aliphatic heterocycles. The number of hydrogen-bond donors (Lipinski definition) is 3. The van der Waals surface area contributed by atoms with Gasteiger partial charge in [-0.2, -0.15) is 0 Å². The zero-order valence-electron chi connectivity index (χ0n) is 20.5. The number of nitrogens with one attached hydrogen (secondary N) is 3. The van der Waals surface area contributed by atoms with Crippen LogP contribution < -0.4 is 16.0 Å². The van der Waals surface area contributed by atoms with Crippen molar-refractivity contribution < 1.29 is 14.4 Å². The average molecular weight is 463 g/mol. The molecule has 7 nitrogen and oxygen atoms in total. The monoisotopic (exact) mass is 462 g/mol. The molecular formula is C27H34N4O3. The summed E-state index contributed by atoms with van der Waals surface area (Å²) in [7, 11) is 0. The van der Waals surface area contributed by atoms with Crippen molar-refractivity contribution in [2.24, 2.45) is 16.7 Å². The van der Waals surface area contributed by atoms with Crippen LogP contribution in [-0.4, -0.2) is 41.8 Å². The molecule has 0 bridgehead atoms. The van der Waals surface area contributed by atoms with Crippen LogP contribution in [0, 0.1) is 16.7 Å². The second-order valence-electron chi connectivity index (χ2n) is 11.2. The number of hydrogen-bond acceptors (Lipinski definition) is 4. The van der Waals surface area contributed by atoms with Gasteiger partial charge in [0.1, 0.15) is 12.4 Å². The lowest BCUT2D eigenvalue weighted by molar-refractivity contribution is -0.151. The smallest absolute Gasteiger partial charge is 0.244 e. The van der Waals surface area contributed by atoms with E-state index >= 15 is 0 Å². The number of carbonyl (C=O) groups is 3. The van der Waals surface area contributed by atoms with E-state index in [-0.39, 0.29) is 30.3 Å². The van der Waals surface area contributed by atoms with Gasteiger partial charge < -0.3 is 20.9 Å². The average Bonchev–Trinajstić information content (AvgIpc) is 3.29. The van der Waals surface area contributed by atoms with Crippen molar-refractivity contribution in [2.75, 3.05) is 18.4 Å². The van der Waals surface area contributed by atoms with Crippen LogP contribution in [0.15, 0.2) is 41.7 Å². The van der Waals surface area contributed by atoms with Crippen LogP contribution in [0.2, 0.25) is 0 Å². The number of carbonyl (C=O) groups excluding carboxylic acids is 3. The fourth-order valence-electron chi connectivity index (χ4n) is 6.03. The Morgan fingerprint density at radius 3 is 2.74 bits per heavy atom. The molecule has 1 spiro atoms. The van der Waals surface area contributed by atoms with Gasteiger partial charge in [-0.15, -0.1) is 0 Å². The van der Waals surface area contributed by atoms with Gasteiger partial charge in [0.05, 0.1) is 5.41 Å². The number of rotatable bonds is 4. The van der Waals surface area contributed by atoms with Crippen molar-refractivity contribution in [1.82, 2.24) is 15.5 Å².